The number of pyridine rings is 1. The first-order chi connectivity index (χ1) is 7.93. The minimum atomic E-state index is 0.754. The van der Waals surface area contributed by atoms with Crippen molar-refractivity contribution in [3.63, 3.8) is 0 Å². The van der Waals surface area contributed by atoms with E-state index in [1.165, 1.54) is 0 Å². The van der Waals surface area contributed by atoms with Crippen LogP contribution in [0.3, 0.4) is 0 Å². The SMILES string of the molecule is C=CCCCOCCNCc1ccccn1. The molecule has 0 bridgehead atoms. The molecule has 0 aliphatic carbocycles. The second-order valence-corrected chi connectivity index (χ2v) is 3.54. The lowest BCUT2D eigenvalue weighted by Crippen LogP contribution is -2.20. The summed E-state index contributed by atoms with van der Waals surface area (Å²) < 4.78 is 5.44. The first kappa shape index (κ1) is 12.9. The van der Waals surface area contributed by atoms with Crippen LogP contribution < -0.4 is 5.32 Å². The zero-order chi connectivity index (χ0) is 11.5. The van der Waals surface area contributed by atoms with Crippen LogP contribution >= 0.6 is 0 Å². The Labute approximate surface area is 97.5 Å². The monoisotopic (exact) mass is 220 g/mol. The Hall–Kier alpha value is -1.19. The number of aromatic nitrogens is 1. The third-order valence-electron chi connectivity index (χ3n) is 2.15. The average Bonchev–Trinajstić information content (AvgIpc) is 2.34. The van der Waals surface area contributed by atoms with E-state index in [4.69, 9.17) is 4.74 Å². The Balaban J connectivity index is 1.90. The van der Waals surface area contributed by atoms with Crippen molar-refractivity contribution in [2.75, 3.05) is 19.8 Å². The van der Waals surface area contributed by atoms with Crippen LogP contribution in [0.15, 0.2) is 37.1 Å². The van der Waals surface area contributed by atoms with Crippen molar-refractivity contribution in [2.45, 2.75) is 19.4 Å². The van der Waals surface area contributed by atoms with Gasteiger partial charge in [-0.05, 0) is 25.0 Å². The second kappa shape index (κ2) is 9.07. The second-order valence-electron chi connectivity index (χ2n) is 3.54. The molecule has 0 unspecified atom stereocenters. The summed E-state index contributed by atoms with van der Waals surface area (Å²) in [6.45, 7) is 6.91. The van der Waals surface area contributed by atoms with Gasteiger partial charge in [-0.25, -0.2) is 0 Å². The van der Waals surface area contributed by atoms with Gasteiger partial charge < -0.3 is 10.1 Å². The summed E-state index contributed by atoms with van der Waals surface area (Å²) in [6, 6.07) is 5.93. The summed E-state index contributed by atoms with van der Waals surface area (Å²) >= 11 is 0. The largest absolute Gasteiger partial charge is 0.380 e. The fraction of sp³-hybridized carbons (Fsp3) is 0.462. The molecular formula is C13H20N2O. The van der Waals surface area contributed by atoms with E-state index >= 15 is 0 Å². The van der Waals surface area contributed by atoms with Crippen LogP contribution in [0.2, 0.25) is 0 Å². The highest BCUT2D eigenvalue weighted by molar-refractivity contribution is 5.02. The van der Waals surface area contributed by atoms with Crippen LogP contribution in [0.25, 0.3) is 0 Å². The van der Waals surface area contributed by atoms with Crippen LogP contribution in [0, 0.1) is 0 Å². The zero-order valence-corrected chi connectivity index (χ0v) is 9.69. The van der Waals surface area contributed by atoms with E-state index in [2.05, 4.69) is 16.9 Å². The normalized spacial score (nSPS) is 10.2. The van der Waals surface area contributed by atoms with Crippen molar-refractivity contribution in [1.29, 1.82) is 0 Å². The molecule has 88 valence electrons. The first-order valence-electron chi connectivity index (χ1n) is 5.72. The number of hydrogen-bond acceptors (Lipinski definition) is 3. The molecule has 0 saturated heterocycles. The van der Waals surface area contributed by atoms with E-state index in [0.29, 0.717) is 0 Å². The van der Waals surface area contributed by atoms with Gasteiger partial charge in [0.1, 0.15) is 0 Å². The summed E-state index contributed by atoms with van der Waals surface area (Å²) in [5.74, 6) is 0. The van der Waals surface area contributed by atoms with Gasteiger partial charge in [0.25, 0.3) is 0 Å². The van der Waals surface area contributed by atoms with Crippen molar-refractivity contribution in [2.24, 2.45) is 0 Å². The Morgan fingerprint density at radius 2 is 2.31 bits per heavy atom. The summed E-state index contributed by atoms with van der Waals surface area (Å²) in [5.41, 5.74) is 1.06. The lowest BCUT2D eigenvalue weighted by atomic mass is 10.3. The van der Waals surface area contributed by atoms with Crippen molar-refractivity contribution in [1.82, 2.24) is 10.3 Å². The summed E-state index contributed by atoms with van der Waals surface area (Å²) in [7, 11) is 0. The molecule has 1 aromatic heterocycles. The van der Waals surface area contributed by atoms with Crippen molar-refractivity contribution in [3.8, 4) is 0 Å². The van der Waals surface area contributed by atoms with Crippen LogP contribution in [0.4, 0.5) is 0 Å². The summed E-state index contributed by atoms with van der Waals surface area (Å²) in [5, 5.41) is 3.28. The minimum Gasteiger partial charge on any atom is -0.380 e. The fourth-order valence-electron chi connectivity index (χ4n) is 1.30. The standard InChI is InChI=1S/C13H20N2O/c1-2-3-6-10-16-11-9-14-12-13-7-4-5-8-15-13/h2,4-5,7-8,14H,1,3,6,9-12H2. The topological polar surface area (TPSA) is 34.1 Å². The lowest BCUT2D eigenvalue weighted by molar-refractivity contribution is 0.134. The molecule has 0 aliphatic rings. The van der Waals surface area contributed by atoms with Gasteiger partial charge in [0.05, 0.1) is 12.3 Å². The van der Waals surface area contributed by atoms with E-state index in [-0.39, 0.29) is 0 Å². The van der Waals surface area contributed by atoms with E-state index in [1.807, 2.05) is 30.5 Å². The summed E-state index contributed by atoms with van der Waals surface area (Å²) in [4.78, 5) is 4.22. The van der Waals surface area contributed by atoms with Gasteiger partial charge in [-0.15, -0.1) is 6.58 Å². The lowest BCUT2D eigenvalue weighted by Gasteiger charge is -2.05. The number of hydrogen-bond donors (Lipinski definition) is 1. The van der Waals surface area contributed by atoms with Crippen molar-refractivity contribution >= 4 is 0 Å². The number of allylic oxidation sites excluding steroid dienone is 1. The Bertz CT molecular complexity index is 275. The molecule has 0 fully saturated rings. The van der Waals surface area contributed by atoms with Crippen molar-refractivity contribution < 1.29 is 4.74 Å². The van der Waals surface area contributed by atoms with E-state index < -0.39 is 0 Å². The number of rotatable bonds is 9. The molecule has 1 N–H and O–H groups in total. The molecule has 0 atom stereocenters. The first-order valence-corrected chi connectivity index (χ1v) is 5.72. The van der Waals surface area contributed by atoms with Gasteiger partial charge in [0, 0.05) is 25.9 Å². The van der Waals surface area contributed by atoms with Gasteiger partial charge in [0.2, 0.25) is 0 Å². The van der Waals surface area contributed by atoms with Crippen molar-refractivity contribution in [3.05, 3.63) is 42.7 Å². The maximum absolute atomic E-state index is 5.44. The maximum Gasteiger partial charge on any atom is 0.0591 e. The third-order valence-corrected chi connectivity index (χ3v) is 2.15. The Morgan fingerprint density at radius 3 is 3.06 bits per heavy atom. The van der Waals surface area contributed by atoms with Crippen LogP contribution in [-0.2, 0) is 11.3 Å². The van der Waals surface area contributed by atoms with E-state index in [1.54, 1.807) is 0 Å². The molecule has 1 aromatic rings. The van der Waals surface area contributed by atoms with Crippen LogP contribution in [0.5, 0.6) is 0 Å². The van der Waals surface area contributed by atoms with Gasteiger partial charge in [-0.1, -0.05) is 12.1 Å². The molecule has 3 heteroatoms. The molecule has 0 radical (unpaired) electrons. The Kier molecular flexibility index (Phi) is 7.30. The fourth-order valence-corrected chi connectivity index (χ4v) is 1.30. The molecule has 0 amide bonds. The summed E-state index contributed by atoms with van der Waals surface area (Å²) in [6.07, 6.45) is 5.82. The molecule has 0 aliphatic heterocycles. The molecule has 0 aromatic carbocycles. The molecular weight excluding hydrogens is 200 g/mol. The smallest absolute Gasteiger partial charge is 0.0591 e. The van der Waals surface area contributed by atoms with Crippen LogP contribution in [-0.4, -0.2) is 24.7 Å². The van der Waals surface area contributed by atoms with Crippen LogP contribution in [0.1, 0.15) is 18.5 Å². The molecule has 0 spiro atoms. The molecule has 3 nitrogen and oxygen atoms in total. The van der Waals surface area contributed by atoms with Gasteiger partial charge in [-0.2, -0.15) is 0 Å². The predicted octanol–water partition coefficient (Wildman–Crippen LogP) is 2.15. The van der Waals surface area contributed by atoms with Gasteiger partial charge >= 0.3 is 0 Å². The molecule has 16 heavy (non-hydrogen) atoms. The molecule has 0 saturated carbocycles. The molecule has 1 rings (SSSR count). The number of nitrogens with zero attached hydrogens (tertiary/aromatic N) is 1. The zero-order valence-electron chi connectivity index (χ0n) is 9.69. The Morgan fingerprint density at radius 1 is 1.38 bits per heavy atom. The molecule has 1 heterocycles. The van der Waals surface area contributed by atoms with Gasteiger partial charge in [0.15, 0.2) is 0 Å². The minimum absolute atomic E-state index is 0.754. The highest BCUT2D eigenvalue weighted by Crippen LogP contribution is 1.92. The number of unbranched alkanes of at least 4 members (excludes halogenated alkanes) is 1. The number of ether oxygens (including phenoxy) is 1. The highest BCUT2D eigenvalue weighted by Gasteiger charge is 1.92. The van der Waals surface area contributed by atoms with E-state index in [9.17, 15) is 0 Å². The average molecular weight is 220 g/mol. The third kappa shape index (κ3) is 6.32. The van der Waals surface area contributed by atoms with E-state index in [0.717, 1.165) is 44.8 Å². The highest BCUT2D eigenvalue weighted by atomic mass is 16.5. The maximum atomic E-state index is 5.44. The quantitative estimate of drug-likeness (QED) is 0.511. The van der Waals surface area contributed by atoms with Gasteiger partial charge in [-0.3, -0.25) is 4.98 Å². The predicted molar refractivity (Wildman–Crippen MR) is 66.2 cm³/mol. The number of nitrogens with one attached hydrogen (secondary N) is 1.